The number of anilines is 1. The van der Waals surface area contributed by atoms with E-state index in [0.29, 0.717) is 86.4 Å². The molecule has 0 saturated heterocycles. The number of ether oxygens (including phenoxy) is 5. The van der Waals surface area contributed by atoms with E-state index in [9.17, 15) is 50.4 Å². The first-order chi connectivity index (χ1) is 48.4. The zero-order valence-corrected chi connectivity index (χ0v) is 60.4. The van der Waals surface area contributed by atoms with Gasteiger partial charge in [0.15, 0.2) is 26.9 Å². The summed E-state index contributed by atoms with van der Waals surface area (Å²) in [7, 11) is -3.93. The standard InChI is InChI=1S/C23H32N2O4.C18H17NO3.C16H17N3O5S.C14H15N5O6S/c1-7-16-13-15(3)14-17(8-2)18(16)19-20(26)24-9-11-28-12-10-25(24)21(19)29-22(27)23(4,5)6;1-2-21-17(20)16-13-18(22-19-16,14-9-5-3-6-10-14)15-11-7-4-8-12-15;1-9-10(15(20)11-8-17-19(2)16(11)21)4-5-13(25(3,22)23)14(9)12-6-7-24-18-12;1-8-15-12(18-14(16-8)25-3)17-13(21)19-26(22,23)10-7-5-4-6-9(10)11(20)24-2/h13-14H,7-12H2,1-6H3;3-12H,2,13H2,1H3;4-5,8,17H,6-7H2,1-3H3;4-7H,1-3H3,(H2,15,16,17,18,19,21). The Labute approximate surface area is 589 Å². The molecule has 3 aliphatic heterocycles. The molecule has 0 fully saturated rings. The lowest BCUT2D eigenvalue weighted by atomic mass is 9.82. The van der Waals surface area contributed by atoms with Crippen LogP contribution >= 0.6 is 0 Å². The fraction of sp³-hybridized carbons (Fsp3) is 0.352. The highest BCUT2D eigenvalue weighted by Gasteiger charge is 2.45. The molecule has 0 radical (unpaired) electrons. The number of rotatable bonds is 17. The van der Waals surface area contributed by atoms with Crippen LogP contribution in [0.15, 0.2) is 145 Å². The first-order valence-corrected chi connectivity index (χ1v) is 35.7. The fourth-order valence-corrected chi connectivity index (χ4v) is 13.2. The second-order valence-electron chi connectivity index (χ2n) is 24.4. The SMILES string of the molecule is CCOC(=O)C1=NOC(c2ccccc2)(c2ccccc2)C1.CCc1cc(C)cc(CC)c1-c1c(OC(=O)C(C)(C)C)n2n(c1=O)CCOCC2.COC(=O)c1ccccc1S(=O)(=O)NC(=O)Nc1nc(C)nc(OC)n1.Cc1c(C(=O)c2c[nH]n(C)c2=O)ccc(S(C)(=O)=O)c1C1=NOCC1. The number of fused-ring (bicyclic) bond motifs is 1. The van der Waals surface area contributed by atoms with Gasteiger partial charge in [-0.2, -0.15) is 15.0 Å². The summed E-state index contributed by atoms with van der Waals surface area (Å²) in [6.07, 6.45) is 4.84. The summed E-state index contributed by atoms with van der Waals surface area (Å²) in [6.45, 7) is 19.2. The van der Waals surface area contributed by atoms with Gasteiger partial charge in [-0.25, -0.2) is 45.3 Å². The number of aromatic nitrogens is 7. The smallest absolute Gasteiger partial charge is 0.356 e. The van der Waals surface area contributed by atoms with Gasteiger partial charge < -0.3 is 38.5 Å². The van der Waals surface area contributed by atoms with Crippen molar-refractivity contribution >= 4 is 67.0 Å². The normalized spacial score (nSPS) is 13.7. The first-order valence-electron chi connectivity index (χ1n) is 32.3. The van der Waals surface area contributed by atoms with Crippen LogP contribution < -0.4 is 30.6 Å². The second kappa shape index (κ2) is 33.0. The van der Waals surface area contributed by atoms with Crippen LogP contribution in [0.1, 0.15) is 125 Å². The molecule has 6 heterocycles. The fourth-order valence-electron chi connectivity index (χ4n) is 11.2. The van der Waals surface area contributed by atoms with Gasteiger partial charge in [-0.1, -0.05) is 115 Å². The molecule has 5 aromatic carbocycles. The quantitative estimate of drug-likeness (QED) is 0.0570. The van der Waals surface area contributed by atoms with Gasteiger partial charge in [0.2, 0.25) is 11.8 Å². The number of hydrogen-bond donors (Lipinski definition) is 3. The molecule has 0 bridgehead atoms. The summed E-state index contributed by atoms with van der Waals surface area (Å²) in [6, 6.07) is 30.8. The minimum Gasteiger partial charge on any atom is -0.467 e. The minimum absolute atomic E-state index is 0.00623. The van der Waals surface area contributed by atoms with Crippen LogP contribution in [0.25, 0.3) is 11.1 Å². The number of carbonyl (C=O) groups excluding carboxylic acids is 5. The lowest BCUT2D eigenvalue weighted by molar-refractivity contribution is -0.143. The average molecular weight is 1440 g/mol. The highest BCUT2D eigenvalue weighted by Crippen LogP contribution is 2.42. The summed E-state index contributed by atoms with van der Waals surface area (Å²) in [4.78, 5) is 109. The van der Waals surface area contributed by atoms with Crippen LogP contribution in [0, 0.1) is 26.2 Å². The molecule has 0 spiro atoms. The maximum Gasteiger partial charge on any atom is 0.356 e. The Balaban J connectivity index is 0.000000173. The van der Waals surface area contributed by atoms with E-state index in [4.69, 9.17) is 28.6 Å². The molecule has 3 N–H and O–H groups in total. The van der Waals surface area contributed by atoms with Gasteiger partial charge >= 0.3 is 29.9 Å². The molecule has 0 aliphatic carbocycles. The predicted molar refractivity (Wildman–Crippen MR) is 376 cm³/mol. The number of amides is 2. The minimum atomic E-state index is -4.36. The van der Waals surface area contributed by atoms with Crippen molar-refractivity contribution in [3.8, 4) is 23.0 Å². The number of nitrogens with one attached hydrogen (secondary N) is 3. The molecule has 0 unspecified atom stereocenters. The van der Waals surface area contributed by atoms with Crippen molar-refractivity contribution in [1.82, 2.24) is 38.8 Å². The van der Waals surface area contributed by atoms with Gasteiger partial charge in [-0.3, -0.25) is 29.2 Å². The summed E-state index contributed by atoms with van der Waals surface area (Å²) in [5.41, 5.74) is 6.36. The Morgan fingerprint density at radius 3 is 1.86 bits per heavy atom. The molecule has 31 heteroatoms. The number of H-pyrrole nitrogens is 1. The number of methoxy groups -OCH3 is 2. The highest BCUT2D eigenvalue weighted by molar-refractivity contribution is 7.91. The largest absolute Gasteiger partial charge is 0.467 e. The third kappa shape index (κ3) is 17.6. The van der Waals surface area contributed by atoms with Crippen LogP contribution in [-0.4, -0.2) is 139 Å². The third-order valence-corrected chi connectivity index (χ3v) is 18.7. The number of urea groups is 1. The molecule has 540 valence electrons. The van der Waals surface area contributed by atoms with Gasteiger partial charge in [0, 0.05) is 48.2 Å². The molecule has 3 aliphatic rings. The summed E-state index contributed by atoms with van der Waals surface area (Å²) >= 11 is 0. The van der Waals surface area contributed by atoms with Crippen molar-refractivity contribution in [2.24, 2.45) is 22.8 Å². The zero-order chi connectivity index (χ0) is 74.4. The molecular weight excluding hydrogens is 1360 g/mol. The molecular formula is C71H81N11O18S2. The van der Waals surface area contributed by atoms with E-state index in [1.54, 1.807) is 27.9 Å². The Morgan fingerprint density at radius 2 is 1.31 bits per heavy atom. The van der Waals surface area contributed by atoms with E-state index in [1.165, 1.54) is 67.9 Å². The first kappa shape index (κ1) is 76.8. The van der Waals surface area contributed by atoms with Crippen LogP contribution in [0.3, 0.4) is 0 Å². The Morgan fingerprint density at radius 1 is 0.696 bits per heavy atom. The van der Waals surface area contributed by atoms with E-state index in [1.807, 2.05) is 81.4 Å². The van der Waals surface area contributed by atoms with Crippen LogP contribution in [0.4, 0.5) is 10.7 Å². The van der Waals surface area contributed by atoms with E-state index < -0.39 is 65.1 Å². The molecule has 2 amide bonds. The van der Waals surface area contributed by atoms with Gasteiger partial charge in [-0.15, -0.1) is 0 Å². The number of hydrogen-bond acceptors (Lipinski definition) is 23. The van der Waals surface area contributed by atoms with Gasteiger partial charge in [0.05, 0.1) is 75.1 Å². The van der Waals surface area contributed by atoms with E-state index in [-0.39, 0.29) is 50.9 Å². The molecule has 0 saturated carbocycles. The van der Waals surface area contributed by atoms with Crippen LogP contribution in [-0.2, 0) is 91.9 Å². The van der Waals surface area contributed by atoms with Gasteiger partial charge in [0.1, 0.15) is 28.5 Å². The molecule has 11 rings (SSSR count). The number of sulfone groups is 1. The number of oxime groups is 2. The van der Waals surface area contributed by atoms with Crippen LogP contribution in [0.2, 0.25) is 0 Å². The van der Waals surface area contributed by atoms with Crippen molar-refractivity contribution < 1.29 is 74.2 Å². The molecule has 3 aromatic heterocycles. The average Bonchev–Trinajstić information content (AvgIpc) is 1.53. The number of benzene rings is 5. The van der Waals surface area contributed by atoms with E-state index in [2.05, 4.69) is 73.3 Å². The Bertz CT molecular complexity index is 4820. The number of carbonyl (C=O) groups is 5. The molecule has 102 heavy (non-hydrogen) atoms. The maximum atomic E-state index is 13.5. The number of aromatic amines is 1. The summed E-state index contributed by atoms with van der Waals surface area (Å²) in [5.74, 6) is -1.71. The monoisotopic (exact) mass is 1440 g/mol. The number of aryl methyl sites for hydroxylation is 5. The van der Waals surface area contributed by atoms with Crippen molar-refractivity contribution in [2.45, 2.75) is 116 Å². The van der Waals surface area contributed by atoms with Gasteiger partial charge in [0.25, 0.3) is 21.1 Å². The number of ketones is 1. The topological polar surface area (TPSA) is 370 Å². The molecule has 8 aromatic rings. The lowest BCUT2D eigenvalue weighted by Crippen LogP contribution is -2.35. The molecule has 29 nitrogen and oxygen atoms in total. The number of sulfonamides is 1. The van der Waals surface area contributed by atoms with Crippen LogP contribution in [0.5, 0.6) is 11.9 Å². The van der Waals surface area contributed by atoms with Gasteiger partial charge in [-0.05, 0) is 108 Å². The number of nitrogens with zero attached hydrogens (tertiary/aromatic N) is 8. The lowest BCUT2D eigenvalue weighted by Gasteiger charge is -2.27. The maximum absolute atomic E-state index is 13.5. The highest BCUT2D eigenvalue weighted by atomic mass is 32.2. The Hall–Kier alpha value is -10.9. The predicted octanol–water partition coefficient (Wildman–Crippen LogP) is 8.27. The molecule has 0 atom stereocenters. The Kier molecular flexibility index (Phi) is 24.9. The summed E-state index contributed by atoms with van der Waals surface area (Å²) in [5, 5.41) is 12.7. The van der Waals surface area contributed by atoms with E-state index in [0.717, 1.165) is 60.1 Å². The van der Waals surface area contributed by atoms with Crippen molar-refractivity contribution in [3.05, 3.63) is 198 Å². The summed E-state index contributed by atoms with van der Waals surface area (Å²) < 4.78 is 81.4. The van der Waals surface area contributed by atoms with Crippen molar-refractivity contribution in [2.75, 3.05) is 52.2 Å². The number of esters is 3. The zero-order valence-electron chi connectivity index (χ0n) is 58.8. The second-order valence-corrected chi connectivity index (χ2v) is 28.0. The van der Waals surface area contributed by atoms with Crippen molar-refractivity contribution in [3.63, 3.8) is 0 Å². The van der Waals surface area contributed by atoms with Crippen molar-refractivity contribution in [1.29, 1.82) is 0 Å². The van der Waals surface area contributed by atoms with E-state index >= 15 is 0 Å². The third-order valence-electron chi connectivity index (χ3n) is 16.2.